The number of nitrogens with one attached hydrogen (secondary N) is 2. The minimum absolute atomic E-state index is 0.0266. The molecule has 2 heterocycles. The van der Waals surface area contributed by atoms with Gasteiger partial charge >= 0.3 is 6.18 Å². The lowest BCUT2D eigenvalue weighted by molar-refractivity contribution is -0.137. The minimum atomic E-state index is -4.50. The maximum atomic E-state index is 13.0. The fraction of sp³-hybridized carbons (Fsp3) is 0.286. The van der Waals surface area contributed by atoms with Crippen LogP contribution in [0.25, 0.3) is 11.0 Å². The summed E-state index contributed by atoms with van der Waals surface area (Å²) in [5.74, 6) is -0.792. The van der Waals surface area contributed by atoms with Gasteiger partial charge < -0.3 is 15.2 Å². The molecule has 1 fully saturated rings. The van der Waals surface area contributed by atoms with Crippen molar-refractivity contribution < 1.29 is 22.8 Å². The molecule has 2 unspecified atom stereocenters. The highest BCUT2D eigenvalue weighted by molar-refractivity contribution is 6.00. The van der Waals surface area contributed by atoms with E-state index in [2.05, 4.69) is 15.3 Å². The van der Waals surface area contributed by atoms with Gasteiger partial charge in [0.2, 0.25) is 11.8 Å². The zero-order valence-electron chi connectivity index (χ0n) is 16.0. The van der Waals surface area contributed by atoms with Gasteiger partial charge in [-0.1, -0.05) is 18.2 Å². The van der Waals surface area contributed by atoms with Crippen LogP contribution >= 0.6 is 0 Å². The minimum Gasteiger partial charge on any atom is -0.346 e. The molecule has 0 aliphatic carbocycles. The standard InChI is InChI=1S/C21H19F3N4O2/c1-12(19-26-16-7-2-3-8-17(16)27-19)25-20(30)13-9-18(29)28(11-13)15-6-4-5-14(10-15)21(22,23)24/h2-8,10,12-13H,9,11H2,1H3,(H,25,30)(H,26,27). The molecule has 2 aromatic carbocycles. The predicted molar refractivity (Wildman–Crippen MR) is 105 cm³/mol. The van der Waals surface area contributed by atoms with Gasteiger partial charge in [-0.25, -0.2) is 4.98 Å². The van der Waals surface area contributed by atoms with Crippen LogP contribution < -0.4 is 10.2 Å². The van der Waals surface area contributed by atoms with Gasteiger partial charge in [0, 0.05) is 18.7 Å². The third kappa shape index (κ3) is 3.87. The molecule has 0 saturated carbocycles. The molecule has 1 aliphatic heterocycles. The number of imidazole rings is 1. The average molecular weight is 416 g/mol. The first-order chi connectivity index (χ1) is 14.2. The molecule has 6 nitrogen and oxygen atoms in total. The number of halogens is 3. The van der Waals surface area contributed by atoms with Crippen LogP contribution in [0.1, 0.15) is 30.8 Å². The molecular weight excluding hydrogens is 397 g/mol. The molecule has 4 rings (SSSR count). The van der Waals surface area contributed by atoms with Gasteiger partial charge in [0.1, 0.15) is 5.82 Å². The summed E-state index contributed by atoms with van der Waals surface area (Å²) in [6, 6.07) is 11.6. The Hall–Kier alpha value is -3.36. The Morgan fingerprint density at radius 3 is 2.73 bits per heavy atom. The van der Waals surface area contributed by atoms with Crippen molar-refractivity contribution in [1.29, 1.82) is 0 Å². The van der Waals surface area contributed by atoms with E-state index in [-0.39, 0.29) is 30.5 Å². The number of amides is 2. The van der Waals surface area contributed by atoms with Crippen LogP contribution in [-0.2, 0) is 15.8 Å². The van der Waals surface area contributed by atoms with Gasteiger partial charge in [-0.3, -0.25) is 9.59 Å². The molecule has 1 aliphatic rings. The van der Waals surface area contributed by atoms with E-state index in [9.17, 15) is 22.8 Å². The lowest BCUT2D eigenvalue weighted by Crippen LogP contribution is -2.35. The molecule has 1 aromatic heterocycles. The average Bonchev–Trinajstić information content (AvgIpc) is 3.31. The highest BCUT2D eigenvalue weighted by atomic mass is 19.4. The van der Waals surface area contributed by atoms with Gasteiger partial charge in [0.05, 0.1) is 28.6 Å². The van der Waals surface area contributed by atoms with Crippen LogP contribution in [0, 0.1) is 5.92 Å². The Kier molecular flexibility index (Phi) is 4.97. The highest BCUT2D eigenvalue weighted by Crippen LogP contribution is 2.33. The number of hydrogen-bond donors (Lipinski definition) is 2. The van der Waals surface area contributed by atoms with Gasteiger partial charge in [-0.2, -0.15) is 13.2 Å². The Labute approximate surface area is 170 Å². The Bertz CT molecular complexity index is 1080. The number of carbonyl (C=O) groups excluding carboxylic acids is 2. The van der Waals surface area contributed by atoms with Crippen LogP contribution in [0.3, 0.4) is 0 Å². The van der Waals surface area contributed by atoms with Gasteiger partial charge in [-0.05, 0) is 37.3 Å². The number of H-pyrrole nitrogens is 1. The lowest BCUT2D eigenvalue weighted by Gasteiger charge is -2.19. The normalized spacial score (nSPS) is 18.1. The smallest absolute Gasteiger partial charge is 0.346 e. The van der Waals surface area contributed by atoms with Crippen molar-refractivity contribution in [1.82, 2.24) is 15.3 Å². The van der Waals surface area contributed by atoms with Crippen LogP contribution in [0.2, 0.25) is 0 Å². The lowest BCUT2D eigenvalue weighted by atomic mass is 10.1. The zero-order chi connectivity index (χ0) is 21.5. The quantitative estimate of drug-likeness (QED) is 0.679. The molecule has 1 saturated heterocycles. The van der Waals surface area contributed by atoms with E-state index in [1.54, 1.807) is 6.92 Å². The summed E-state index contributed by atoms with van der Waals surface area (Å²) in [6.45, 7) is 1.80. The number of hydrogen-bond acceptors (Lipinski definition) is 3. The SMILES string of the molecule is CC(NC(=O)C1CC(=O)N(c2cccc(C(F)(F)F)c2)C1)c1nc2ccccc2[nH]1. The molecule has 2 amide bonds. The Balaban J connectivity index is 1.45. The summed E-state index contributed by atoms with van der Waals surface area (Å²) < 4.78 is 38.9. The maximum absolute atomic E-state index is 13.0. The number of nitrogens with zero attached hydrogens (tertiary/aromatic N) is 2. The first kappa shape index (κ1) is 19.9. The van der Waals surface area contributed by atoms with E-state index >= 15 is 0 Å². The Morgan fingerprint density at radius 1 is 1.23 bits per heavy atom. The van der Waals surface area contributed by atoms with Gasteiger partial charge in [0.25, 0.3) is 0 Å². The molecule has 0 bridgehead atoms. The molecule has 30 heavy (non-hydrogen) atoms. The molecule has 2 N–H and O–H groups in total. The number of alkyl halides is 3. The van der Waals surface area contributed by atoms with E-state index in [1.165, 1.54) is 17.0 Å². The Morgan fingerprint density at radius 2 is 2.00 bits per heavy atom. The van der Waals surface area contributed by atoms with Gasteiger partial charge in [-0.15, -0.1) is 0 Å². The van der Waals surface area contributed by atoms with Crippen LogP contribution in [0.4, 0.5) is 18.9 Å². The largest absolute Gasteiger partial charge is 0.416 e. The second-order valence-corrected chi connectivity index (χ2v) is 7.32. The van der Waals surface area contributed by atoms with E-state index in [1.807, 2.05) is 24.3 Å². The third-order valence-corrected chi connectivity index (χ3v) is 5.16. The number of anilines is 1. The highest BCUT2D eigenvalue weighted by Gasteiger charge is 2.37. The second kappa shape index (κ2) is 7.47. The van der Waals surface area contributed by atoms with Crippen molar-refractivity contribution in [3.8, 4) is 0 Å². The number of benzene rings is 2. The monoisotopic (exact) mass is 416 g/mol. The summed E-state index contributed by atoms with van der Waals surface area (Å²) in [4.78, 5) is 33.9. The molecule has 2 atom stereocenters. The topological polar surface area (TPSA) is 78.1 Å². The van der Waals surface area contributed by atoms with E-state index in [4.69, 9.17) is 0 Å². The number of para-hydroxylation sites is 2. The fourth-order valence-electron chi connectivity index (χ4n) is 3.56. The summed E-state index contributed by atoms with van der Waals surface area (Å²) in [7, 11) is 0. The van der Waals surface area contributed by atoms with Crippen molar-refractivity contribution >= 4 is 28.5 Å². The number of aromatic amines is 1. The van der Waals surface area contributed by atoms with E-state index in [0.29, 0.717) is 5.82 Å². The predicted octanol–water partition coefficient (Wildman–Crippen LogP) is 3.81. The van der Waals surface area contributed by atoms with Crippen LogP contribution in [-0.4, -0.2) is 28.3 Å². The third-order valence-electron chi connectivity index (χ3n) is 5.16. The molecule has 3 aromatic rings. The number of carbonyl (C=O) groups is 2. The van der Waals surface area contributed by atoms with Crippen molar-refractivity contribution in [2.24, 2.45) is 5.92 Å². The van der Waals surface area contributed by atoms with Crippen LogP contribution in [0.5, 0.6) is 0 Å². The maximum Gasteiger partial charge on any atom is 0.416 e. The summed E-state index contributed by atoms with van der Waals surface area (Å²) in [5.41, 5.74) is 0.926. The number of fused-ring (bicyclic) bond motifs is 1. The molecule has 9 heteroatoms. The van der Waals surface area contributed by atoms with Crippen molar-refractivity contribution in [2.75, 3.05) is 11.4 Å². The number of rotatable bonds is 4. The fourth-order valence-corrected chi connectivity index (χ4v) is 3.56. The first-order valence-corrected chi connectivity index (χ1v) is 9.45. The zero-order valence-corrected chi connectivity index (χ0v) is 16.0. The molecular formula is C21H19F3N4O2. The molecule has 156 valence electrons. The summed E-state index contributed by atoms with van der Waals surface area (Å²) in [6.07, 6.45) is -4.56. The summed E-state index contributed by atoms with van der Waals surface area (Å²) >= 11 is 0. The molecule has 0 spiro atoms. The van der Waals surface area contributed by atoms with Crippen LogP contribution in [0.15, 0.2) is 48.5 Å². The number of aromatic nitrogens is 2. The second-order valence-electron chi connectivity index (χ2n) is 7.32. The van der Waals surface area contributed by atoms with E-state index in [0.717, 1.165) is 23.2 Å². The van der Waals surface area contributed by atoms with E-state index < -0.39 is 23.7 Å². The van der Waals surface area contributed by atoms with Crippen molar-refractivity contribution in [3.05, 3.63) is 59.9 Å². The molecule has 0 radical (unpaired) electrons. The van der Waals surface area contributed by atoms with Crippen molar-refractivity contribution in [2.45, 2.75) is 25.6 Å². The van der Waals surface area contributed by atoms with Crippen molar-refractivity contribution in [3.63, 3.8) is 0 Å². The first-order valence-electron chi connectivity index (χ1n) is 9.45. The summed E-state index contributed by atoms with van der Waals surface area (Å²) in [5, 5.41) is 2.84. The van der Waals surface area contributed by atoms with Gasteiger partial charge in [0.15, 0.2) is 0 Å².